The number of amides is 1. The fraction of sp³-hybridized carbons (Fsp3) is 0.600. The van der Waals surface area contributed by atoms with Gasteiger partial charge in [0, 0.05) is 11.9 Å². The molecule has 1 aromatic heterocycles. The molecule has 2 rings (SSSR count). The van der Waals surface area contributed by atoms with Gasteiger partial charge in [-0.3, -0.25) is 10.3 Å². The number of hydrogen-bond donors (Lipinski definition) is 1. The minimum absolute atomic E-state index is 0.0272. The second-order valence-electron chi connectivity index (χ2n) is 6.49. The van der Waals surface area contributed by atoms with Crippen molar-refractivity contribution in [2.45, 2.75) is 57.2 Å². The van der Waals surface area contributed by atoms with Crippen LogP contribution in [0.4, 0.5) is 23.7 Å². The zero-order chi connectivity index (χ0) is 16.6. The molecule has 0 unspecified atom stereocenters. The number of halogens is 3. The number of nitrogens with zero attached hydrogens (tertiary/aromatic N) is 1. The third-order valence-corrected chi connectivity index (χ3v) is 3.65. The van der Waals surface area contributed by atoms with E-state index in [0.717, 1.165) is 0 Å². The van der Waals surface area contributed by atoms with Crippen molar-refractivity contribution >= 4 is 11.8 Å². The predicted octanol–water partition coefficient (Wildman–Crippen LogP) is 4.41. The van der Waals surface area contributed by atoms with Crippen molar-refractivity contribution in [3.05, 3.63) is 24.0 Å². The van der Waals surface area contributed by atoms with Gasteiger partial charge in [-0.1, -0.05) is 6.42 Å². The largest absolute Gasteiger partial charge is 0.444 e. The average Bonchev–Trinajstić information content (AvgIpc) is 2.22. The molecule has 0 atom stereocenters. The number of carbonyl (C=O) groups excluding carboxylic acids is 1. The van der Waals surface area contributed by atoms with Gasteiger partial charge in [-0.05, 0) is 45.7 Å². The highest BCUT2D eigenvalue weighted by Crippen LogP contribution is 2.54. The van der Waals surface area contributed by atoms with E-state index in [1.807, 2.05) is 0 Å². The van der Waals surface area contributed by atoms with E-state index in [2.05, 4.69) is 10.3 Å². The minimum atomic E-state index is -4.34. The number of nitrogens with one attached hydrogen (secondary N) is 1. The van der Waals surface area contributed by atoms with E-state index in [-0.39, 0.29) is 24.2 Å². The Morgan fingerprint density at radius 2 is 1.95 bits per heavy atom. The van der Waals surface area contributed by atoms with Crippen LogP contribution in [0.15, 0.2) is 18.3 Å². The van der Waals surface area contributed by atoms with E-state index in [9.17, 15) is 18.0 Å². The van der Waals surface area contributed by atoms with Crippen LogP contribution in [0.2, 0.25) is 0 Å². The Morgan fingerprint density at radius 3 is 2.41 bits per heavy atom. The molecule has 0 saturated heterocycles. The molecular formula is C15H19F3N2O2. The van der Waals surface area contributed by atoms with E-state index in [4.69, 9.17) is 4.74 Å². The lowest BCUT2D eigenvalue weighted by atomic mass is 9.65. The summed E-state index contributed by atoms with van der Waals surface area (Å²) in [6.07, 6.45) is -3.21. The van der Waals surface area contributed by atoms with Crippen LogP contribution in [0.5, 0.6) is 0 Å². The Kier molecular flexibility index (Phi) is 4.10. The number of ether oxygens (including phenoxy) is 1. The molecule has 0 bridgehead atoms. The highest BCUT2D eigenvalue weighted by molar-refractivity contribution is 5.84. The zero-order valence-corrected chi connectivity index (χ0v) is 12.8. The maximum atomic E-state index is 13.3. The summed E-state index contributed by atoms with van der Waals surface area (Å²) in [6, 6.07) is 2.72. The van der Waals surface area contributed by atoms with E-state index < -0.39 is 23.3 Å². The summed E-state index contributed by atoms with van der Waals surface area (Å²) in [6.45, 7) is 5.12. The molecular weight excluding hydrogens is 297 g/mol. The van der Waals surface area contributed by atoms with Crippen molar-refractivity contribution in [2.24, 2.45) is 0 Å². The van der Waals surface area contributed by atoms with Crippen molar-refractivity contribution in [3.63, 3.8) is 0 Å². The monoisotopic (exact) mass is 316 g/mol. The number of anilines is 1. The molecule has 0 aliphatic heterocycles. The van der Waals surface area contributed by atoms with Crippen molar-refractivity contribution in [2.75, 3.05) is 5.32 Å². The van der Waals surface area contributed by atoms with Gasteiger partial charge in [-0.15, -0.1) is 0 Å². The first-order valence-corrected chi connectivity index (χ1v) is 7.07. The Hall–Kier alpha value is -1.79. The molecule has 0 aromatic carbocycles. The number of rotatable bonds is 2. The Balaban J connectivity index is 2.19. The number of alkyl halides is 3. The van der Waals surface area contributed by atoms with Crippen LogP contribution in [0.25, 0.3) is 0 Å². The smallest absolute Gasteiger partial charge is 0.412 e. The Morgan fingerprint density at radius 1 is 1.32 bits per heavy atom. The Labute approximate surface area is 127 Å². The SMILES string of the molecule is CC(C)(C)OC(=O)Nc1ccnc(C2(C(F)(F)F)CCC2)c1. The minimum Gasteiger partial charge on any atom is -0.444 e. The van der Waals surface area contributed by atoms with Gasteiger partial charge in [0.2, 0.25) is 0 Å². The number of carbonyl (C=O) groups is 1. The molecule has 1 saturated carbocycles. The van der Waals surface area contributed by atoms with Crippen LogP contribution >= 0.6 is 0 Å². The number of aromatic nitrogens is 1. The van der Waals surface area contributed by atoms with Gasteiger partial charge in [0.05, 0.1) is 5.69 Å². The fourth-order valence-corrected chi connectivity index (χ4v) is 2.41. The van der Waals surface area contributed by atoms with E-state index >= 15 is 0 Å². The maximum absolute atomic E-state index is 13.3. The van der Waals surface area contributed by atoms with Crippen LogP contribution in [-0.2, 0) is 10.2 Å². The van der Waals surface area contributed by atoms with Gasteiger partial charge in [0.1, 0.15) is 11.0 Å². The second-order valence-corrected chi connectivity index (χ2v) is 6.49. The molecule has 4 nitrogen and oxygen atoms in total. The number of hydrogen-bond acceptors (Lipinski definition) is 3. The normalized spacial score (nSPS) is 17.5. The molecule has 122 valence electrons. The summed E-state index contributed by atoms with van der Waals surface area (Å²) < 4.78 is 45.0. The predicted molar refractivity (Wildman–Crippen MR) is 75.7 cm³/mol. The summed E-state index contributed by atoms with van der Waals surface area (Å²) >= 11 is 0. The molecule has 1 aliphatic carbocycles. The van der Waals surface area contributed by atoms with Crippen molar-refractivity contribution in [1.29, 1.82) is 0 Å². The molecule has 1 aliphatic rings. The lowest BCUT2D eigenvalue weighted by Gasteiger charge is -2.42. The molecule has 1 N–H and O–H groups in total. The molecule has 7 heteroatoms. The van der Waals surface area contributed by atoms with Crippen LogP contribution in [-0.4, -0.2) is 22.9 Å². The van der Waals surface area contributed by atoms with Gasteiger partial charge in [-0.25, -0.2) is 4.79 Å². The molecule has 1 aromatic rings. The van der Waals surface area contributed by atoms with Crippen LogP contribution in [0.1, 0.15) is 45.7 Å². The lowest BCUT2D eigenvalue weighted by molar-refractivity contribution is -0.214. The zero-order valence-electron chi connectivity index (χ0n) is 12.8. The summed E-state index contributed by atoms with van der Waals surface area (Å²) in [5, 5.41) is 2.44. The first-order valence-electron chi connectivity index (χ1n) is 7.07. The first kappa shape index (κ1) is 16.6. The van der Waals surface area contributed by atoms with E-state index in [1.165, 1.54) is 18.3 Å². The standard InChI is InChI=1S/C15H19F3N2O2/c1-13(2,3)22-12(21)20-10-5-8-19-11(9-10)14(6-4-7-14)15(16,17)18/h5,8-9H,4,6-7H2,1-3H3,(H,19,20,21). The lowest BCUT2D eigenvalue weighted by Crippen LogP contribution is -2.48. The average molecular weight is 316 g/mol. The molecule has 1 heterocycles. The van der Waals surface area contributed by atoms with Gasteiger partial charge in [0.25, 0.3) is 0 Å². The quantitative estimate of drug-likeness (QED) is 0.879. The number of pyridine rings is 1. The van der Waals surface area contributed by atoms with Crippen molar-refractivity contribution in [1.82, 2.24) is 4.98 Å². The van der Waals surface area contributed by atoms with E-state index in [0.29, 0.717) is 6.42 Å². The molecule has 1 fully saturated rings. The third kappa shape index (κ3) is 3.34. The molecule has 0 radical (unpaired) electrons. The highest BCUT2D eigenvalue weighted by atomic mass is 19.4. The van der Waals surface area contributed by atoms with Gasteiger partial charge in [0.15, 0.2) is 0 Å². The molecule has 1 amide bonds. The molecule has 0 spiro atoms. The fourth-order valence-electron chi connectivity index (χ4n) is 2.41. The van der Waals surface area contributed by atoms with Crippen LogP contribution < -0.4 is 5.32 Å². The summed E-state index contributed by atoms with van der Waals surface area (Å²) in [5.74, 6) is 0. The second kappa shape index (κ2) is 5.44. The maximum Gasteiger partial charge on any atom is 0.412 e. The van der Waals surface area contributed by atoms with Gasteiger partial charge >= 0.3 is 12.3 Å². The van der Waals surface area contributed by atoms with Crippen LogP contribution in [0, 0.1) is 0 Å². The highest BCUT2D eigenvalue weighted by Gasteiger charge is 2.60. The van der Waals surface area contributed by atoms with Crippen LogP contribution in [0.3, 0.4) is 0 Å². The van der Waals surface area contributed by atoms with Crippen molar-refractivity contribution in [3.8, 4) is 0 Å². The summed E-state index contributed by atoms with van der Waals surface area (Å²) in [4.78, 5) is 15.6. The first-order chi connectivity index (χ1) is 10.0. The van der Waals surface area contributed by atoms with E-state index in [1.54, 1.807) is 20.8 Å². The molecule has 22 heavy (non-hydrogen) atoms. The third-order valence-electron chi connectivity index (χ3n) is 3.65. The summed E-state index contributed by atoms with van der Waals surface area (Å²) in [5.41, 5.74) is -2.38. The van der Waals surface area contributed by atoms with Crippen molar-refractivity contribution < 1.29 is 22.7 Å². The topological polar surface area (TPSA) is 51.2 Å². The Bertz CT molecular complexity index is 561. The summed E-state index contributed by atoms with van der Waals surface area (Å²) in [7, 11) is 0. The van der Waals surface area contributed by atoms with Gasteiger partial charge < -0.3 is 4.74 Å². The van der Waals surface area contributed by atoms with Gasteiger partial charge in [-0.2, -0.15) is 13.2 Å².